The summed E-state index contributed by atoms with van der Waals surface area (Å²) in [5, 5.41) is 20.6. The molecule has 4 aromatic rings. The molecule has 214 valence electrons. The van der Waals surface area contributed by atoms with E-state index in [4.69, 9.17) is 4.74 Å². The number of rotatable bonds is 7. The van der Waals surface area contributed by atoms with Gasteiger partial charge in [0.2, 0.25) is 5.13 Å². The van der Waals surface area contributed by atoms with Crippen LogP contribution < -0.4 is 9.64 Å². The number of nitrogens with zero attached hydrogens (tertiary/aromatic N) is 3. The highest BCUT2D eigenvalue weighted by Gasteiger charge is 2.48. The first-order valence-electron chi connectivity index (χ1n) is 13.9. The molecular formula is C33H31N3O4S2. The van der Waals surface area contributed by atoms with E-state index in [9.17, 15) is 14.7 Å². The highest BCUT2D eigenvalue weighted by molar-refractivity contribution is 8.00. The van der Waals surface area contributed by atoms with Crippen LogP contribution in [0.5, 0.6) is 5.75 Å². The molecule has 6 rings (SSSR count). The molecule has 1 fully saturated rings. The molecule has 7 nitrogen and oxygen atoms in total. The number of anilines is 1. The van der Waals surface area contributed by atoms with Crippen molar-refractivity contribution < 1.29 is 19.4 Å². The van der Waals surface area contributed by atoms with Gasteiger partial charge in [0.1, 0.15) is 17.6 Å². The lowest BCUT2D eigenvalue weighted by molar-refractivity contribution is -0.132. The second kappa shape index (κ2) is 11.4. The Morgan fingerprint density at radius 3 is 2.52 bits per heavy atom. The van der Waals surface area contributed by atoms with E-state index < -0.39 is 17.7 Å². The van der Waals surface area contributed by atoms with Crippen molar-refractivity contribution >= 4 is 45.7 Å². The molecule has 1 saturated heterocycles. The Kier molecular flexibility index (Phi) is 7.64. The fourth-order valence-electron chi connectivity index (χ4n) is 5.32. The van der Waals surface area contributed by atoms with E-state index in [1.54, 1.807) is 12.1 Å². The van der Waals surface area contributed by atoms with Gasteiger partial charge in [0.25, 0.3) is 5.78 Å². The molecule has 3 heterocycles. The van der Waals surface area contributed by atoms with E-state index >= 15 is 0 Å². The number of thioether (sulfide) groups is 1. The van der Waals surface area contributed by atoms with Crippen LogP contribution in [-0.4, -0.2) is 33.1 Å². The molecule has 9 heteroatoms. The summed E-state index contributed by atoms with van der Waals surface area (Å²) < 4.78 is 6.50. The zero-order valence-corrected chi connectivity index (χ0v) is 25.5. The summed E-state index contributed by atoms with van der Waals surface area (Å²) in [5.74, 6) is 0.0877. The number of hydrogen-bond donors (Lipinski definition) is 1. The summed E-state index contributed by atoms with van der Waals surface area (Å²) in [5.41, 5.74) is 5.66. The quantitative estimate of drug-likeness (QED) is 0.0791. The SMILES string of the molecule is Cc1ccc(CSc2nnc(N3C(=O)C(=O)/C(=C(\O)c4ccc5c(c4)CC(C)O5)C3c3ccc(C(C)C)cc3)s2)cc1. The van der Waals surface area contributed by atoms with Crippen molar-refractivity contribution in [2.75, 3.05) is 4.90 Å². The second-order valence-corrected chi connectivity index (χ2v) is 13.2. The van der Waals surface area contributed by atoms with Crippen LogP contribution in [-0.2, 0) is 21.8 Å². The van der Waals surface area contributed by atoms with Gasteiger partial charge in [0.05, 0.1) is 11.6 Å². The minimum absolute atomic E-state index is 0.0354. The van der Waals surface area contributed by atoms with Crippen molar-refractivity contribution in [3.05, 3.63) is 106 Å². The number of aryl methyl sites for hydroxylation is 1. The number of ether oxygens (including phenoxy) is 1. The average molecular weight is 598 g/mol. The first-order chi connectivity index (χ1) is 20.2. The van der Waals surface area contributed by atoms with Gasteiger partial charge in [-0.1, -0.05) is 91.0 Å². The summed E-state index contributed by atoms with van der Waals surface area (Å²) in [4.78, 5) is 28.6. The third-order valence-corrected chi connectivity index (χ3v) is 9.74. The summed E-state index contributed by atoms with van der Waals surface area (Å²) in [6.07, 6.45) is 0.747. The third kappa shape index (κ3) is 5.34. The standard InChI is InChI=1S/C33H31N3O4S2/c1-18(2)22-9-11-23(12-10-22)28-27(29(37)24-13-14-26-25(16-24)15-20(4)40-26)30(38)31(39)36(28)32-34-35-33(42-32)41-17-21-7-5-19(3)6-8-21/h5-14,16,18,20,28,37H,15,17H2,1-4H3/b29-27-. The molecule has 3 aromatic carbocycles. The van der Waals surface area contributed by atoms with Gasteiger partial charge in [0.15, 0.2) is 4.34 Å². The van der Waals surface area contributed by atoms with Gasteiger partial charge in [-0.3, -0.25) is 14.5 Å². The largest absolute Gasteiger partial charge is 0.507 e. The summed E-state index contributed by atoms with van der Waals surface area (Å²) in [6.45, 7) is 8.25. The van der Waals surface area contributed by atoms with Crippen molar-refractivity contribution in [1.29, 1.82) is 0 Å². The molecule has 2 aliphatic heterocycles. The average Bonchev–Trinajstić information content (AvgIpc) is 3.67. The predicted molar refractivity (Wildman–Crippen MR) is 166 cm³/mol. The topological polar surface area (TPSA) is 92.6 Å². The zero-order chi connectivity index (χ0) is 29.5. The van der Waals surface area contributed by atoms with E-state index in [0.717, 1.165) is 22.4 Å². The lowest BCUT2D eigenvalue weighted by Crippen LogP contribution is -2.29. The molecule has 2 aliphatic rings. The molecule has 1 aromatic heterocycles. The summed E-state index contributed by atoms with van der Waals surface area (Å²) in [7, 11) is 0. The van der Waals surface area contributed by atoms with Crippen LogP contribution in [0.3, 0.4) is 0 Å². The van der Waals surface area contributed by atoms with Gasteiger partial charge >= 0.3 is 5.91 Å². The molecule has 0 radical (unpaired) electrons. The molecule has 0 spiro atoms. The van der Waals surface area contributed by atoms with Crippen molar-refractivity contribution in [3.8, 4) is 5.75 Å². The fraction of sp³-hybridized carbons (Fsp3) is 0.273. The van der Waals surface area contributed by atoms with Crippen molar-refractivity contribution in [1.82, 2.24) is 10.2 Å². The number of hydrogen-bond acceptors (Lipinski definition) is 8. The Balaban J connectivity index is 1.39. The van der Waals surface area contributed by atoms with E-state index in [2.05, 4.69) is 55.2 Å². The Morgan fingerprint density at radius 2 is 1.81 bits per heavy atom. The number of aromatic nitrogens is 2. The number of Topliss-reactive ketones (excluding diaryl/α,β-unsaturated/α-hetero) is 1. The first-order valence-corrected chi connectivity index (χ1v) is 15.7. The lowest BCUT2D eigenvalue weighted by atomic mass is 9.93. The number of carbonyl (C=O) groups excluding carboxylic acids is 2. The normalized spacial score (nSPS) is 19.4. The lowest BCUT2D eigenvalue weighted by Gasteiger charge is -2.23. The smallest absolute Gasteiger partial charge is 0.301 e. The fourth-order valence-corrected chi connectivity index (χ4v) is 7.14. The van der Waals surface area contributed by atoms with Crippen LogP contribution in [0.25, 0.3) is 5.76 Å². The first kappa shape index (κ1) is 28.2. The molecule has 0 bridgehead atoms. The van der Waals surface area contributed by atoms with Crippen LogP contribution in [0.1, 0.15) is 66.1 Å². The maximum absolute atomic E-state index is 13.6. The number of ketones is 1. The van der Waals surface area contributed by atoms with E-state index in [-0.39, 0.29) is 17.4 Å². The third-order valence-electron chi connectivity index (χ3n) is 7.62. The number of aliphatic hydroxyl groups is 1. The molecule has 42 heavy (non-hydrogen) atoms. The van der Waals surface area contributed by atoms with Crippen LogP contribution in [0, 0.1) is 6.92 Å². The maximum atomic E-state index is 13.6. The molecule has 2 unspecified atom stereocenters. The van der Waals surface area contributed by atoms with Crippen molar-refractivity contribution in [3.63, 3.8) is 0 Å². The number of carbonyl (C=O) groups is 2. The van der Waals surface area contributed by atoms with E-state index in [0.29, 0.717) is 38.7 Å². The van der Waals surface area contributed by atoms with Gasteiger partial charge in [0, 0.05) is 17.7 Å². The summed E-state index contributed by atoms with van der Waals surface area (Å²) >= 11 is 2.79. The Hall–Kier alpha value is -3.95. The van der Waals surface area contributed by atoms with Crippen LogP contribution >= 0.6 is 23.1 Å². The van der Waals surface area contributed by atoms with E-state index in [1.807, 2.05) is 37.3 Å². The molecule has 2 atom stereocenters. The van der Waals surface area contributed by atoms with E-state index in [1.165, 1.54) is 33.6 Å². The Labute approximate surface area is 253 Å². The Bertz CT molecular complexity index is 1690. The minimum atomic E-state index is -0.850. The number of aliphatic hydroxyl groups excluding tert-OH is 1. The van der Waals surface area contributed by atoms with Gasteiger partial charge in [-0.05, 0) is 60.2 Å². The predicted octanol–water partition coefficient (Wildman–Crippen LogP) is 7.21. The number of benzene rings is 3. The molecule has 0 saturated carbocycles. The molecule has 1 N–H and O–H groups in total. The minimum Gasteiger partial charge on any atom is -0.507 e. The van der Waals surface area contributed by atoms with Gasteiger partial charge < -0.3 is 9.84 Å². The molecular weight excluding hydrogens is 567 g/mol. The zero-order valence-electron chi connectivity index (χ0n) is 23.8. The van der Waals surface area contributed by atoms with Crippen molar-refractivity contribution in [2.45, 2.75) is 62.3 Å². The summed E-state index contributed by atoms with van der Waals surface area (Å²) in [6, 6.07) is 20.6. The second-order valence-electron chi connectivity index (χ2n) is 11.1. The Morgan fingerprint density at radius 1 is 1.07 bits per heavy atom. The number of fused-ring (bicyclic) bond motifs is 1. The number of amides is 1. The van der Waals surface area contributed by atoms with Crippen LogP contribution in [0.4, 0.5) is 5.13 Å². The van der Waals surface area contributed by atoms with Gasteiger partial charge in [-0.25, -0.2) is 0 Å². The van der Waals surface area contributed by atoms with Crippen LogP contribution in [0.2, 0.25) is 0 Å². The van der Waals surface area contributed by atoms with Gasteiger partial charge in [-0.15, -0.1) is 10.2 Å². The highest BCUT2D eigenvalue weighted by atomic mass is 32.2. The molecule has 1 amide bonds. The van der Waals surface area contributed by atoms with Crippen LogP contribution in [0.15, 0.2) is 76.6 Å². The maximum Gasteiger partial charge on any atom is 0.301 e. The van der Waals surface area contributed by atoms with Gasteiger partial charge in [-0.2, -0.15) is 0 Å². The molecule has 0 aliphatic carbocycles. The van der Waals surface area contributed by atoms with Crippen molar-refractivity contribution in [2.24, 2.45) is 0 Å². The monoisotopic (exact) mass is 597 g/mol. The highest BCUT2D eigenvalue weighted by Crippen LogP contribution is 2.45.